The van der Waals surface area contributed by atoms with Crippen molar-refractivity contribution in [2.45, 2.75) is 13.0 Å². The van der Waals surface area contributed by atoms with Crippen molar-refractivity contribution in [2.75, 3.05) is 39.3 Å². The Labute approximate surface area is 142 Å². The molecule has 1 amide bonds. The number of nitrogens with one attached hydrogen (secondary N) is 1. The molecule has 24 heavy (non-hydrogen) atoms. The monoisotopic (exact) mass is 328 g/mol. The SMILES string of the molecule is CCN1CCN([C@@H](CNC(=O)c2ccco2)c2cccnc2)CC1. The van der Waals surface area contributed by atoms with Crippen molar-refractivity contribution in [1.82, 2.24) is 20.1 Å². The number of amides is 1. The van der Waals surface area contributed by atoms with Gasteiger partial charge in [0.05, 0.1) is 12.3 Å². The average Bonchev–Trinajstić information content (AvgIpc) is 3.18. The van der Waals surface area contributed by atoms with Gasteiger partial charge in [-0.3, -0.25) is 14.7 Å². The van der Waals surface area contributed by atoms with E-state index in [9.17, 15) is 4.79 Å². The van der Waals surface area contributed by atoms with Crippen LogP contribution in [0.4, 0.5) is 0 Å². The Bertz CT molecular complexity index is 622. The van der Waals surface area contributed by atoms with Crippen molar-refractivity contribution in [2.24, 2.45) is 0 Å². The smallest absolute Gasteiger partial charge is 0.287 e. The molecular weight excluding hydrogens is 304 g/mol. The van der Waals surface area contributed by atoms with Crippen LogP contribution in [0.15, 0.2) is 47.3 Å². The summed E-state index contributed by atoms with van der Waals surface area (Å²) >= 11 is 0. The van der Waals surface area contributed by atoms with E-state index in [1.807, 2.05) is 12.3 Å². The molecule has 0 spiro atoms. The maximum atomic E-state index is 12.2. The van der Waals surface area contributed by atoms with E-state index in [1.54, 1.807) is 18.3 Å². The van der Waals surface area contributed by atoms with Crippen molar-refractivity contribution in [3.63, 3.8) is 0 Å². The lowest BCUT2D eigenvalue weighted by Gasteiger charge is -2.39. The molecule has 1 fully saturated rings. The first-order valence-electron chi connectivity index (χ1n) is 8.46. The Hall–Kier alpha value is -2.18. The molecule has 6 nitrogen and oxygen atoms in total. The van der Waals surface area contributed by atoms with Crippen LogP contribution >= 0.6 is 0 Å². The van der Waals surface area contributed by atoms with Crippen LogP contribution < -0.4 is 5.32 Å². The fraction of sp³-hybridized carbons (Fsp3) is 0.444. The molecule has 1 N–H and O–H groups in total. The van der Waals surface area contributed by atoms with Gasteiger partial charge in [-0.25, -0.2) is 0 Å². The Morgan fingerprint density at radius 1 is 1.29 bits per heavy atom. The van der Waals surface area contributed by atoms with Crippen LogP contribution in [0.3, 0.4) is 0 Å². The van der Waals surface area contributed by atoms with Crippen LogP contribution in [0, 0.1) is 0 Å². The van der Waals surface area contributed by atoms with Crippen LogP contribution in [0.5, 0.6) is 0 Å². The third-order valence-corrected chi connectivity index (χ3v) is 4.56. The zero-order valence-electron chi connectivity index (χ0n) is 14.0. The summed E-state index contributed by atoms with van der Waals surface area (Å²) in [6.07, 6.45) is 5.17. The summed E-state index contributed by atoms with van der Waals surface area (Å²) in [5.41, 5.74) is 1.13. The fourth-order valence-corrected chi connectivity index (χ4v) is 3.11. The predicted molar refractivity (Wildman–Crippen MR) is 91.7 cm³/mol. The highest BCUT2D eigenvalue weighted by molar-refractivity contribution is 5.91. The van der Waals surface area contributed by atoms with Gasteiger partial charge in [0.1, 0.15) is 0 Å². The molecular formula is C18H24N4O2. The third-order valence-electron chi connectivity index (χ3n) is 4.56. The van der Waals surface area contributed by atoms with Crippen LogP contribution in [0.2, 0.25) is 0 Å². The highest BCUT2D eigenvalue weighted by Gasteiger charge is 2.25. The van der Waals surface area contributed by atoms with Gasteiger partial charge in [0, 0.05) is 45.1 Å². The summed E-state index contributed by atoms with van der Waals surface area (Å²) in [4.78, 5) is 21.3. The standard InChI is InChI=1S/C18H24N4O2/c1-2-21-8-10-22(11-9-21)16(15-5-3-7-19-13-15)14-20-18(23)17-6-4-12-24-17/h3-7,12-13,16H,2,8-11,14H2,1H3,(H,20,23)/t16-/m0/s1. The van der Waals surface area contributed by atoms with Gasteiger partial charge in [-0.05, 0) is 30.3 Å². The molecule has 2 aromatic rings. The van der Waals surface area contributed by atoms with Crippen LogP contribution in [-0.2, 0) is 0 Å². The summed E-state index contributed by atoms with van der Waals surface area (Å²) < 4.78 is 5.16. The molecule has 2 aromatic heterocycles. The van der Waals surface area contributed by atoms with E-state index in [2.05, 4.69) is 33.1 Å². The van der Waals surface area contributed by atoms with Crippen molar-refractivity contribution >= 4 is 5.91 Å². The number of nitrogens with zero attached hydrogens (tertiary/aromatic N) is 3. The maximum absolute atomic E-state index is 12.2. The zero-order valence-corrected chi connectivity index (χ0v) is 14.0. The van der Waals surface area contributed by atoms with Crippen molar-refractivity contribution in [3.05, 3.63) is 54.2 Å². The van der Waals surface area contributed by atoms with Gasteiger partial charge in [-0.2, -0.15) is 0 Å². The molecule has 1 saturated heterocycles. The van der Waals surface area contributed by atoms with Crippen LogP contribution in [0.25, 0.3) is 0 Å². The topological polar surface area (TPSA) is 61.6 Å². The number of carbonyl (C=O) groups excluding carboxylic acids is 1. The Morgan fingerprint density at radius 2 is 2.12 bits per heavy atom. The van der Waals surface area contributed by atoms with Gasteiger partial charge < -0.3 is 14.6 Å². The van der Waals surface area contributed by atoms with Crippen molar-refractivity contribution in [1.29, 1.82) is 0 Å². The molecule has 0 unspecified atom stereocenters. The third kappa shape index (κ3) is 4.01. The molecule has 0 radical (unpaired) electrons. The van der Waals surface area contributed by atoms with Crippen LogP contribution in [-0.4, -0.2) is 60.0 Å². The second kappa shape index (κ2) is 8.08. The first-order valence-corrected chi connectivity index (χ1v) is 8.46. The van der Waals surface area contributed by atoms with E-state index in [-0.39, 0.29) is 11.9 Å². The first-order chi connectivity index (χ1) is 11.8. The number of piperazine rings is 1. The van der Waals surface area contributed by atoms with E-state index in [1.165, 1.54) is 6.26 Å². The lowest BCUT2D eigenvalue weighted by molar-refractivity contribution is 0.0836. The number of rotatable bonds is 6. The Kier molecular flexibility index (Phi) is 5.61. The Balaban J connectivity index is 1.67. The van der Waals surface area contributed by atoms with E-state index >= 15 is 0 Å². The number of hydrogen-bond donors (Lipinski definition) is 1. The number of hydrogen-bond acceptors (Lipinski definition) is 5. The molecule has 128 valence electrons. The van der Waals surface area contributed by atoms with Crippen molar-refractivity contribution in [3.8, 4) is 0 Å². The van der Waals surface area contributed by atoms with E-state index in [0.29, 0.717) is 12.3 Å². The summed E-state index contributed by atoms with van der Waals surface area (Å²) in [5, 5.41) is 2.99. The first kappa shape index (κ1) is 16.7. The minimum absolute atomic E-state index is 0.122. The highest BCUT2D eigenvalue weighted by Crippen LogP contribution is 2.21. The summed E-state index contributed by atoms with van der Waals surface area (Å²) in [5.74, 6) is 0.164. The van der Waals surface area contributed by atoms with Gasteiger partial charge in [0.25, 0.3) is 5.91 Å². The lowest BCUT2D eigenvalue weighted by atomic mass is 10.1. The maximum Gasteiger partial charge on any atom is 0.287 e. The number of pyridine rings is 1. The molecule has 0 saturated carbocycles. The fourth-order valence-electron chi connectivity index (χ4n) is 3.11. The second-order valence-corrected chi connectivity index (χ2v) is 5.96. The largest absolute Gasteiger partial charge is 0.459 e. The number of aromatic nitrogens is 1. The van der Waals surface area contributed by atoms with E-state index < -0.39 is 0 Å². The zero-order chi connectivity index (χ0) is 16.8. The van der Waals surface area contributed by atoms with Gasteiger partial charge in [0.15, 0.2) is 5.76 Å². The molecule has 1 aliphatic heterocycles. The summed E-state index contributed by atoms with van der Waals surface area (Å²) in [6, 6.07) is 7.53. The molecule has 0 bridgehead atoms. The molecule has 1 atom stereocenters. The number of furan rings is 1. The normalized spacial score (nSPS) is 17.5. The van der Waals surface area contributed by atoms with Gasteiger partial charge >= 0.3 is 0 Å². The minimum Gasteiger partial charge on any atom is -0.459 e. The highest BCUT2D eigenvalue weighted by atomic mass is 16.3. The van der Waals surface area contributed by atoms with E-state index in [4.69, 9.17) is 4.42 Å². The number of carbonyl (C=O) groups is 1. The van der Waals surface area contributed by atoms with E-state index in [0.717, 1.165) is 38.3 Å². The minimum atomic E-state index is -0.180. The quantitative estimate of drug-likeness (QED) is 0.876. The van der Waals surface area contributed by atoms with Gasteiger partial charge in [-0.15, -0.1) is 0 Å². The predicted octanol–water partition coefficient (Wildman–Crippen LogP) is 1.78. The van der Waals surface area contributed by atoms with Crippen LogP contribution in [0.1, 0.15) is 29.1 Å². The second-order valence-electron chi connectivity index (χ2n) is 5.96. The number of likely N-dealkylation sites (N-methyl/N-ethyl adjacent to an activating group) is 1. The van der Waals surface area contributed by atoms with Gasteiger partial charge in [-0.1, -0.05) is 13.0 Å². The molecule has 0 aliphatic carbocycles. The van der Waals surface area contributed by atoms with Crippen molar-refractivity contribution < 1.29 is 9.21 Å². The molecule has 3 heterocycles. The molecule has 6 heteroatoms. The summed E-state index contributed by atoms with van der Waals surface area (Å²) in [7, 11) is 0. The van der Waals surface area contributed by atoms with Gasteiger partial charge in [0.2, 0.25) is 0 Å². The summed E-state index contributed by atoms with van der Waals surface area (Å²) in [6.45, 7) is 7.91. The average molecular weight is 328 g/mol. The molecule has 1 aliphatic rings. The lowest BCUT2D eigenvalue weighted by Crippen LogP contribution is -2.49. The Morgan fingerprint density at radius 3 is 2.75 bits per heavy atom. The molecule has 3 rings (SSSR count). The molecule has 0 aromatic carbocycles.